The van der Waals surface area contributed by atoms with Gasteiger partial charge in [-0.25, -0.2) is 10.8 Å². The molecule has 1 aromatic rings. The van der Waals surface area contributed by atoms with E-state index < -0.39 is 4.92 Å². The smallest absolute Gasteiger partial charge is 0.276 e. The first-order valence-corrected chi connectivity index (χ1v) is 6.39. The molecule has 1 aliphatic rings. The summed E-state index contributed by atoms with van der Waals surface area (Å²) in [5.41, 5.74) is 2.38. The van der Waals surface area contributed by atoms with Gasteiger partial charge < -0.3 is 10.3 Å². The average Bonchev–Trinajstić information content (AvgIpc) is 2.87. The van der Waals surface area contributed by atoms with E-state index in [4.69, 9.17) is 5.84 Å². The van der Waals surface area contributed by atoms with E-state index in [1.54, 1.807) is 0 Å². The number of nitrogens with two attached hydrogens (primary N) is 1. The number of nitrogens with zero attached hydrogens (tertiary/aromatic N) is 3. The van der Waals surface area contributed by atoms with Crippen molar-refractivity contribution < 1.29 is 4.92 Å². The summed E-state index contributed by atoms with van der Waals surface area (Å²) in [7, 11) is 0. The zero-order chi connectivity index (χ0) is 14.0. The number of aromatic nitrogens is 1. The molecule has 3 N–H and O–H groups in total. The number of hydrogen-bond donors (Lipinski definition) is 2. The van der Waals surface area contributed by atoms with Crippen molar-refractivity contribution in [2.45, 2.75) is 20.3 Å². The molecular formula is C12H19N5O2. The van der Waals surface area contributed by atoms with Crippen molar-refractivity contribution in [1.29, 1.82) is 0 Å². The molecule has 1 atom stereocenters. The topological polar surface area (TPSA) is 97.3 Å². The fourth-order valence-electron chi connectivity index (χ4n) is 2.38. The van der Waals surface area contributed by atoms with E-state index >= 15 is 0 Å². The minimum absolute atomic E-state index is 0.00551. The van der Waals surface area contributed by atoms with Crippen LogP contribution in [0.5, 0.6) is 0 Å². The van der Waals surface area contributed by atoms with Gasteiger partial charge in [0.15, 0.2) is 0 Å². The van der Waals surface area contributed by atoms with Gasteiger partial charge in [0.05, 0.1) is 17.1 Å². The summed E-state index contributed by atoms with van der Waals surface area (Å²) < 4.78 is 0. The number of nitrogens with one attached hydrogen (secondary N) is 1. The highest BCUT2D eigenvalue weighted by atomic mass is 16.6. The molecule has 1 aromatic heterocycles. The highest BCUT2D eigenvalue weighted by molar-refractivity contribution is 5.55. The fraction of sp³-hybridized carbons (Fsp3) is 0.583. The third-order valence-corrected chi connectivity index (χ3v) is 3.65. The molecule has 1 fully saturated rings. The van der Waals surface area contributed by atoms with Crippen LogP contribution in [-0.2, 0) is 0 Å². The fourth-order valence-corrected chi connectivity index (χ4v) is 2.38. The second kappa shape index (κ2) is 5.40. The summed E-state index contributed by atoms with van der Waals surface area (Å²) in [5, 5.41) is 10.9. The molecule has 0 amide bonds. The van der Waals surface area contributed by atoms with E-state index in [1.807, 2.05) is 0 Å². The summed E-state index contributed by atoms with van der Waals surface area (Å²) in [5.74, 6) is 7.46. The Morgan fingerprint density at radius 3 is 2.84 bits per heavy atom. The molecule has 0 aromatic carbocycles. The maximum atomic E-state index is 10.9. The molecule has 0 aliphatic carbocycles. The van der Waals surface area contributed by atoms with Gasteiger partial charge in [-0.1, -0.05) is 13.8 Å². The van der Waals surface area contributed by atoms with Gasteiger partial charge in [0, 0.05) is 13.1 Å². The summed E-state index contributed by atoms with van der Waals surface area (Å²) in [4.78, 5) is 16.8. The number of pyridine rings is 1. The van der Waals surface area contributed by atoms with Crippen molar-refractivity contribution in [3.63, 3.8) is 0 Å². The van der Waals surface area contributed by atoms with Gasteiger partial charge in [0.2, 0.25) is 0 Å². The van der Waals surface area contributed by atoms with Crippen LogP contribution in [0.4, 0.5) is 17.3 Å². The molecule has 7 heteroatoms. The molecule has 0 spiro atoms. The number of nitro groups is 1. The maximum absolute atomic E-state index is 10.9. The van der Waals surface area contributed by atoms with E-state index in [0.29, 0.717) is 23.5 Å². The van der Waals surface area contributed by atoms with Crippen LogP contribution in [0, 0.1) is 22.0 Å². The quantitative estimate of drug-likeness (QED) is 0.489. The molecule has 1 aliphatic heterocycles. The standard InChI is InChI=1S/C12H19N5O2/c1-8(2)9-3-4-16(7-9)12-6-10(17(18)19)5-11(14-12)15-13/h5-6,8-9H,3-4,7,13H2,1-2H3,(H,14,15). The lowest BCUT2D eigenvalue weighted by Crippen LogP contribution is -2.23. The zero-order valence-corrected chi connectivity index (χ0v) is 11.2. The first-order valence-electron chi connectivity index (χ1n) is 6.39. The predicted octanol–water partition coefficient (Wildman–Crippen LogP) is 1.76. The molecule has 7 nitrogen and oxygen atoms in total. The summed E-state index contributed by atoms with van der Waals surface area (Å²) >= 11 is 0. The summed E-state index contributed by atoms with van der Waals surface area (Å²) in [6, 6.07) is 2.84. The van der Waals surface area contributed by atoms with Gasteiger partial charge >= 0.3 is 0 Å². The minimum Gasteiger partial charge on any atom is -0.356 e. The Kier molecular flexibility index (Phi) is 3.84. The molecule has 1 saturated heterocycles. The van der Waals surface area contributed by atoms with Crippen LogP contribution in [0.1, 0.15) is 20.3 Å². The zero-order valence-electron chi connectivity index (χ0n) is 11.2. The van der Waals surface area contributed by atoms with E-state index in [2.05, 4.69) is 29.2 Å². The number of nitrogen functional groups attached to an aromatic ring is 1. The van der Waals surface area contributed by atoms with Gasteiger partial charge in [0.25, 0.3) is 5.69 Å². The molecule has 2 heterocycles. The van der Waals surface area contributed by atoms with Crippen LogP contribution in [0.2, 0.25) is 0 Å². The second-order valence-electron chi connectivity index (χ2n) is 5.21. The van der Waals surface area contributed by atoms with Crippen molar-refractivity contribution in [3.8, 4) is 0 Å². The molecule has 104 valence electrons. The number of hydrogen-bond acceptors (Lipinski definition) is 6. The summed E-state index contributed by atoms with van der Waals surface area (Å²) in [6.45, 7) is 6.15. The highest BCUT2D eigenvalue weighted by Crippen LogP contribution is 2.30. The lowest BCUT2D eigenvalue weighted by atomic mass is 9.95. The molecule has 1 unspecified atom stereocenters. The maximum Gasteiger partial charge on any atom is 0.276 e. The van der Waals surface area contributed by atoms with E-state index in [0.717, 1.165) is 19.5 Å². The van der Waals surface area contributed by atoms with E-state index in [9.17, 15) is 10.1 Å². The van der Waals surface area contributed by atoms with Gasteiger partial charge in [-0.15, -0.1) is 0 Å². The molecule has 0 radical (unpaired) electrons. The van der Waals surface area contributed by atoms with Crippen LogP contribution < -0.4 is 16.2 Å². The number of rotatable bonds is 4. The highest BCUT2D eigenvalue weighted by Gasteiger charge is 2.27. The van der Waals surface area contributed by atoms with Crippen molar-refractivity contribution >= 4 is 17.3 Å². The Bertz CT molecular complexity index is 477. The van der Waals surface area contributed by atoms with E-state index in [1.165, 1.54) is 12.1 Å². The molecule has 0 bridgehead atoms. The van der Waals surface area contributed by atoms with Crippen LogP contribution >= 0.6 is 0 Å². The molecule has 0 saturated carbocycles. The van der Waals surface area contributed by atoms with Crippen LogP contribution in [0.15, 0.2) is 12.1 Å². The van der Waals surface area contributed by atoms with Gasteiger partial charge in [-0.3, -0.25) is 10.1 Å². The third kappa shape index (κ3) is 2.93. The first-order chi connectivity index (χ1) is 9.01. The Morgan fingerprint density at radius 2 is 2.32 bits per heavy atom. The Balaban J connectivity index is 2.25. The first kappa shape index (κ1) is 13.5. The van der Waals surface area contributed by atoms with Gasteiger partial charge in [0.1, 0.15) is 11.6 Å². The SMILES string of the molecule is CC(C)C1CCN(c2cc([N+](=O)[O-])cc(NN)n2)C1. The average molecular weight is 265 g/mol. The van der Waals surface area contributed by atoms with Crippen LogP contribution in [0.3, 0.4) is 0 Å². The van der Waals surface area contributed by atoms with Crippen molar-refractivity contribution in [2.24, 2.45) is 17.7 Å². The Hall–Kier alpha value is -1.89. The van der Waals surface area contributed by atoms with E-state index in [-0.39, 0.29) is 5.69 Å². The molecular weight excluding hydrogens is 246 g/mol. The van der Waals surface area contributed by atoms with Gasteiger partial charge in [-0.05, 0) is 18.3 Å². The lowest BCUT2D eigenvalue weighted by molar-refractivity contribution is -0.384. The Morgan fingerprint density at radius 1 is 1.58 bits per heavy atom. The van der Waals surface area contributed by atoms with Gasteiger partial charge in [-0.2, -0.15) is 0 Å². The predicted molar refractivity (Wildman–Crippen MR) is 73.9 cm³/mol. The lowest BCUT2D eigenvalue weighted by Gasteiger charge is -2.19. The normalized spacial score (nSPS) is 18.9. The van der Waals surface area contributed by atoms with Crippen LogP contribution in [0.25, 0.3) is 0 Å². The van der Waals surface area contributed by atoms with Crippen molar-refractivity contribution in [3.05, 3.63) is 22.2 Å². The van der Waals surface area contributed by atoms with Crippen LogP contribution in [-0.4, -0.2) is 23.0 Å². The monoisotopic (exact) mass is 265 g/mol. The third-order valence-electron chi connectivity index (χ3n) is 3.65. The minimum atomic E-state index is -0.429. The van der Waals surface area contributed by atoms with Crippen molar-refractivity contribution in [1.82, 2.24) is 4.98 Å². The number of hydrazine groups is 1. The molecule has 19 heavy (non-hydrogen) atoms. The Labute approximate surface area is 111 Å². The summed E-state index contributed by atoms with van der Waals surface area (Å²) in [6.07, 6.45) is 1.09. The second-order valence-corrected chi connectivity index (χ2v) is 5.21. The number of anilines is 2. The molecule has 2 rings (SSSR count). The largest absolute Gasteiger partial charge is 0.356 e. The van der Waals surface area contributed by atoms with Crippen molar-refractivity contribution in [2.75, 3.05) is 23.4 Å².